The number of hydrogen-bond donors (Lipinski definition) is 1. The number of methoxy groups -OCH3 is 1. The van der Waals surface area contributed by atoms with Crippen molar-refractivity contribution in [1.29, 1.82) is 0 Å². The van der Waals surface area contributed by atoms with E-state index in [0.717, 1.165) is 11.1 Å². The molecule has 3 rings (SSSR count). The average molecular weight is 332 g/mol. The van der Waals surface area contributed by atoms with Gasteiger partial charge < -0.3 is 14.4 Å². The van der Waals surface area contributed by atoms with Gasteiger partial charge in [0.05, 0.1) is 19.5 Å². The van der Waals surface area contributed by atoms with Crippen molar-refractivity contribution in [3.63, 3.8) is 0 Å². The fourth-order valence-corrected chi connectivity index (χ4v) is 4.18. The molecule has 0 unspecified atom stereocenters. The van der Waals surface area contributed by atoms with Gasteiger partial charge in [-0.2, -0.15) is 0 Å². The topological polar surface area (TPSA) is 72.8 Å². The molecule has 1 N–H and O–H groups in total. The van der Waals surface area contributed by atoms with Crippen LogP contribution >= 0.6 is 0 Å². The number of sulfone groups is 1. The molecule has 0 fully saturated rings. The smallest absolute Gasteiger partial charge is 0.491 e. The highest BCUT2D eigenvalue weighted by Gasteiger charge is 2.28. The van der Waals surface area contributed by atoms with Crippen molar-refractivity contribution in [2.75, 3.05) is 7.11 Å². The Hall–Kier alpha value is -1.83. The molecule has 23 heavy (non-hydrogen) atoms. The molecule has 0 aromatic heterocycles. The lowest BCUT2D eigenvalue weighted by Gasteiger charge is -2.11. The zero-order chi connectivity index (χ0) is 16.6. The quantitative estimate of drug-likeness (QED) is 0.852. The molecule has 0 spiro atoms. The fourth-order valence-electron chi connectivity index (χ4n) is 2.68. The van der Waals surface area contributed by atoms with Crippen LogP contribution in [0.5, 0.6) is 5.75 Å². The van der Waals surface area contributed by atoms with Gasteiger partial charge >= 0.3 is 7.12 Å². The van der Waals surface area contributed by atoms with E-state index >= 15 is 0 Å². The highest BCUT2D eigenvalue weighted by atomic mass is 32.2. The summed E-state index contributed by atoms with van der Waals surface area (Å²) in [6, 6.07) is 10.2. The number of rotatable bonds is 4. The summed E-state index contributed by atoms with van der Waals surface area (Å²) in [4.78, 5) is 0.169. The van der Waals surface area contributed by atoms with Gasteiger partial charge in [-0.25, -0.2) is 8.42 Å². The van der Waals surface area contributed by atoms with Crippen LogP contribution in [0.3, 0.4) is 0 Å². The first-order chi connectivity index (χ1) is 10.9. The Morgan fingerprint density at radius 2 is 2.04 bits per heavy atom. The Labute approximate surface area is 135 Å². The first kappa shape index (κ1) is 16.0. The molecule has 7 heteroatoms. The summed E-state index contributed by atoms with van der Waals surface area (Å²) in [7, 11) is -3.08. The lowest BCUT2D eigenvalue weighted by atomic mass is 9.79. The SMILES string of the molecule is COc1cc(C)ccc1S(=O)(=O)Cc1ccc2c(c1)B(O)OC2. The van der Waals surface area contributed by atoms with Gasteiger partial charge in [-0.05, 0) is 41.2 Å². The van der Waals surface area contributed by atoms with Crippen LogP contribution in [0.15, 0.2) is 41.3 Å². The first-order valence-electron chi connectivity index (χ1n) is 7.19. The zero-order valence-electron chi connectivity index (χ0n) is 12.9. The van der Waals surface area contributed by atoms with E-state index in [1.54, 1.807) is 36.4 Å². The molecule has 0 amide bonds. The minimum atomic E-state index is -3.56. The van der Waals surface area contributed by atoms with Crippen molar-refractivity contribution in [2.24, 2.45) is 0 Å². The van der Waals surface area contributed by atoms with Gasteiger partial charge in [0.1, 0.15) is 10.6 Å². The van der Waals surface area contributed by atoms with Crippen molar-refractivity contribution in [3.05, 3.63) is 53.1 Å². The van der Waals surface area contributed by atoms with Crippen molar-refractivity contribution >= 4 is 22.4 Å². The second kappa shape index (κ2) is 6.00. The Morgan fingerprint density at radius 3 is 2.78 bits per heavy atom. The third-order valence-corrected chi connectivity index (χ3v) is 5.60. The summed E-state index contributed by atoms with van der Waals surface area (Å²) in [5, 5.41) is 9.74. The molecule has 1 aliphatic heterocycles. The standard InChI is InChI=1S/C16H17BO5S/c1-11-3-6-16(15(7-11)21-2)23(19,20)10-12-4-5-13-9-22-17(18)14(13)8-12/h3-8,18H,9-10H2,1-2H3. The second-order valence-electron chi connectivity index (χ2n) is 5.61. The lowest BCUT2D eigenvalue weighted by molar-refractivity contribution is 0.275. The van der Waals surface area contributed by atoms with E-state index in [-0.39, 0.29) is 10.6 Å². The molecule has 5 nitrogen and oxygen atoms in total. The Kier molecular flexibility index (Phi) is 4.18. The molecular formula is C16H17BO5S. The van der Waals surface area contributed by atoms with Crippen LogP contribution in [-0.4, -0.2) is 27.7 Å². The maximum atomic E-state index is 12.7. The summed E-state index contributed by atoms with van der Waals surface area (Å²) in [5.74, 6) is 0.182. The van der Waals surface area contributed by atoms with E-state index in [0.29, 0.717) is 23.4 Å². The summed E-state index contributed by atoms with van der Waals surface area (Å²) in [6.07, 6.45) is 0. The number of aryl methyl sites for hydroxylation is 1. The molecule has 0 bridgehead atoms. The molecule has 0 saturated heterocycles. The molecule has 1 heterocycles. The van der Waals surface area contributed by atoms with Gasteiger partial charge in [-0.1, -0.05) is 24.3 Å². The van der Waals surface area contributed by atoms with E-state index in [4.69, 9.17) is 9.39 Å². The fraction of sp³-hybridized carbons (Fsp3) is 0.250. The lowest BCUT2D eigenvalue weighted by Crippen LogP contribution is -2.28. The van der Waals surface area contributed by atoms with Crippen LogP contribution in [0.4, 0.5) is 0 Å². The average Bonchev–Trinajstić information content (AvgIpc) is 2.87. The molecule has 0 aliphatic carbocycles. The van der Waals surface area contributed by atoms with E-state index in [2.05, 4.69) is 0 Å². The number of fused-ring (bicyclic) bond motifs is 1. The van der Waals surface area contributed by atoms with Gasteiger partial charge in [0.25, 0.3) is 0 Å². The van der Waals surface area contributed by atoms with E-state index in [1.807, 2.05) is 6.92 Å². The Morgan fingerprint density at radius 1 is 1.26 bits per heavy atom. The minimum absolute atomic E-state index is 0.160. The van der Waals surface area contributed by atoms with Crippen molar-refractivity contribution < 1.29 is 22.8 Å². The number of benzene rings is 2. The maximum absolute atomic E-state index is 12.7. The summed E-state index contributed by atoms with van der Waals surface area (Å²) in [5.41, 5.74) is 3.05. The van der Waals surface area contributed by atoms with Crippen LogP contribution in [-0.2, 0) is 26.9 Å². The van der Waals surface area contributed by atoms with E-state index in [9.17, 15) is 13.4 Å². The van der Waals surface area contributed by atoms with Crippen LogP contribution in [0.25, 0.3) is 0 Å². The highest BCUT2D eigenvalue weighted by molar-refractivity contribution is 7.90. The van der Waals surface area contributed by atoms with Crippen LogP contribution in [0.1, 0.15) is 16.7 Å². The molecule has 0 atom stereocenters. The number of ether oxygens (including phenoxy) is 1. The maximum Gasteiger partial charge on any atom is 0.491 e. The van der Waals surface area contributed by atoms with E-state index in [1.165, 1.54) is 7.11 Å². The van der Waals surface area contributed by atoms with Crippen LogP contribution in [0, 0.1) is 6.92 Å². The first-order valence-corrected chi connectivity index (χ1v) is 8.85. The van der Waals surface area contributed by atoms with Gasteiger partial charge in [-0.3, -0.25) is 0 Å². The number of hydrogen-bond acceptors (Lipinski definition) is 5. The largest absolute Gasteiger partial charge is 0.495 e. The normalized spacial score (nSPS) is 14.0. The van der Waals surface area contributed by atoms with Gasteiger partial charge in [0.15, 0.2) is 9.84 Å². The predicted molar refractivity (Wildman–Crippen MR) is 87.5 cm³/mol. The molecule has 1 aliphatic rings. The van der Waals surface area contributed by atoms with Crippen LogP contribution in [0.2, 0.25) is 0 Å². The predicted octanol–water partition coefficient (Wildman–Crippen LogP) is 1.20. The van der Waals surface area contributed by atoms with E-state index < -0.39 is 17.0 Å². The third kappa shape index (κ3) is 3.13. The highest BCUT2D eigenvalue weighted by Crippen LogP contribution is 2.28. The molecule has 0 radical (unpaired) electrons. The summed E-state index contributed by atoms with van der Waals surface area (Å²) < 4.78 is 35.7. The Bertz CT molecular complexity index is 848. The Balaban J connectivity index is 1.95. The molecule has 0 saturated carbocycles. The molecule has 2 aromatic carbocycles. The molecule has 2 aromatic rings. The monoisotopic (exact) mass is 332 g/mol. The van der Waals surface area contributed by atoms with Gasteiger partial charge in [0, 0.05) is 0 Å². The molecular weight excluding hydrogens is 315 g/mol. The van der Waals surface area contributed by atoms with Gasteiger partial charge in [0.2, 0.25) is 0 Å². The van der Waals surface area contributed by atoms with Crippen molar-refractivity contribution in [2.45, 2.75) is 24.2 Å². The van der Waals surface area contributed by atoms with Crippen molar-refractivity contribution in [1.82, 2.24) is 0 Å². The minimum Gasteiger partial charge on any atom is -0.495 e. The van der Waals surface area contributed by atoms with Crippen LogP contribution < -0.4 is 10.2 Å². The second-order valence-corrected chi connectivity index (χ2v) is 7.57. The molecule has 120 valence electrons. The third-order valence-electron chi connectivity index (χ3n) is 3.88. The van der Waals surface area contributed by atoms with Crippen molar-refractivity contribution in [3.8, 4) is 5.75 Å². The zero-order valence-corrected chi connectivity index (χ0v) is 13.8. The van der Waals surface area contributed by atoms with Gasteiger partial charge in [-0.15, -0.1) is 0 Å². The summed E-state index contributed by atoms with van der Waals surface area (Å²) >= 11 is 0. The summed E-state index contributed by atoms with van der Waals surface area (Å²) in [6.45, 7) is 2.22.